The third kappa shape index (κ3) is 3.54. The first kappa shape index (κ1) is 16.0. The van der Waals surface area contributed by atoms with Crippen molar-refractivity contribution >= 4 is 16.7 Å². The summed E-state index contributed by atoms with van der Waals surface area (Å²) in [7, 11) is 1.72. The Morgan fingerprint density at radius 3 is 2.52 bits per heavy atom. The van der Waals surface area contributed by atoms with Crippen LogP contribution in [0.2, 0.25) is 0 Å². The van der Waals surface area contributed by atoms with E-state index in [9.17, 15) is 4.79 Å². The van der Waals surface area contributed by atoms with Crippen LogP contribution in [0, 0.1) is 0 Å². The molecule has 0 unspecified atom stereocenters. The van der Waals surface area contributed by atoms with Gasteiger partial charge in [-0.15, -0.1) is 0 Å². The fraction of sp³-hybridized carbons (Fsp3) is 0.421. The Hall–Kier alpha value is -1.91. The maximum atomic E-state index is 11.8. The summed E-state index contributed by atoms with van der Waals surface area (Å²) < 4.78 is 0. The lowest BCUT2D eigenvalue weighted by molar-refractivity contribution is -1.02. The number of likely N-dealkylation sites (N-methyl/N-ethyl adjacent to an activating group) is 1. The van der Waals surface area contributed by atoms with Crippen LogP contribution in [-0.2, 0) is 11.3 Å². The summed E-state index contributed by atoms with van der Waals surface area (Å²) in [6.45, 7) is 7.48. The zero-order chi connectivity index (χ0) is 16.2. The molecular formula is C19H27N3O+2. The molecule has 4 nitrogen and oxygen atoms in total. The van der Waals surface area contributed by atoms with Crippen LogP contribution in [0.25, 0.3) is 10.8 Å². The minimum absolute atomic E-state index is 0.0547. The summed E-state index contributed by atoms with van der Waals surface area (Å²) >= 11 is 0. The SMILES string of the molecule is CNC(=O)[C@H](C)[NH+]1CC[NH+](Cc2cccc3ccccc23)CC1. The summed E-state index contributed by atoms with van der Waals surface area (Å²) in [4.78, 5) is 14.8. The first-order valence-electron chi connectivity index (χ1n) is 8.55. The Morgan fingerprint density at radius 2 is 1.78 bits per heavy atom. The maximum Gasteiger partial charge on any atom is 0.277 e. The van der Waals surface area contributed by atoms with Gasteiger partial charge in [-0.1, -0.05) is 42.5 Å². The van der Waals surface area contributed by atoms with Crippen LogP contribution in [0.15, 0.2) is 42.5 Å². The fourth-order valence-electron chi connectivity index (χ4n) is 3.65. The van der Waals surface area contributed by atoms with Crippen LogP contribution in [0.3, 0.4) is 0 Å². The van der Waals surface area contributed by atoms with Crippen molar-refractivity contribution in [1.82, 2.24) is 5.32 Å². The molecule has 0 spiro atoms. The number of carbonyl (C=O) groups is 1. The van der Waals surface area contributed by atoms with Gasteiger partial charge in [-0.2, -0.15) is 0 Å². The Bertz CT molecular complexity index is 672. The van der Waals surface area contributed by atoms with E-state index in [1.165, 1.54) is 21.2 Å². The second kappa shape index (κ2) is 7.11. The van der Waals surface area contributed by atoms with E-state index in [0.717, 1.165) is 32.7 Å². The molecule has 1 amide bonds. The molecule has 1 heterocycles. The summed E-state index contributed by atoms with van der Waals surface area (Å²) in [5.41, 5.74) is 1.43. The van der Waals surface area contributed by atoms with Crippen molar-refractivity contribution < 1.29 is 14.6 Å². The minimum Gasteiger partial charge on any atom is -0.354 e. The highest BCUT2D eigenvalue weighted by molar-refractivity contribution is 5.85. The number of hydrogen-bond donors (Lipinski definition) is 3. The monoisotopic (exact) mass is 313 g/mol. The molecule has 1 fully saturated rings. The van der Waals surface area contributed by atoms with Gasteiger partial charge in [0.05, 0.1) is 0 Å². The molecule has 1 atom stereocenters. The van der Waals surface area contributed by atoms with Gasteiger partial charge < -0.3 is 15.1 Å². The van der Waals surface area contributed by atoms with Crippen molar-refractivity contribution in [1.29, 1.82) is 0 Å². The van der Waals surface area contributed by atoms with Gasteiger partial charge in [-0.05, 0) is 17.7 Å². The molecule has 0 radical (unpaired) electrons. The van der Waals surface area contributed by atoms with Gasteiger partial charge in [0.15, 0.2) is 6.04 Å². The summed E-state index contributed by atoms with van der Waals surface area (Å²) in [5.74, 6) is 0.150. The van der Waals surface area contributed by atoms with E-state index in [0.29, 0.717) is 0 Å². The number of quaternary nitrogens is 2. The van der Waals surface area contributed by atoms with Gasteiger partial charge in [0.25, 0.3) is 5.91 Å². The molecule has 2 aromatic rings. The molecular weight excluding hydrogens is 286 g/mol. The van der Waals surface area contributed by atoms with Crippen molar-refractivity contribution in [3.63, 3.8) is 0 Å². The van der Waals surface area contributed by atoms with Crippen LogP contribution in [0.1, 0.15) is 12.5 Å². The third-order valence-corrected chi connectivity index (χ3v) is 5.17. The molecule has 23 heavy (non-hydrogen) atoms. The standard InChI is InChI=1S/C19H25N3O/c1-15(19(23)20-2)22-12-10-21(11-13-22)14-17-8-5-7-16-6-3-4-9-18(16)17/h3-9,15H,10-14H2,1-2H3,(H,20,23)/p+2/t15-/m0/s1. The summed E-state index contributed by atoms with van der Waals surface area (Å²) in [6.07, 6.45) is 0. The van der Waals surface area contributed by atoms with Crippen molar-refractivity contribution in [2.75, 3.05) is 33.2 Å². The van der Waals surface area contributed by atoms with Crippen LogP contribution >= 0.6 is 0 Å². The average molecular weight is 313 g/mol. The largest absolute Gasteiger partial charge is 0.354 e. The quantitative estimate of drug-likeness (QED) is 0.683. The predicted molar refractivity (Wildman–Crippen MR) is 92.6 cm³/mol. The van der Waals surface area contributed by atoms with E-state index in [-0.39, 0.29) is 11.9 Å². The molecule has 1 saturated heterocycles. The topological polar surface area (TPSA) is 38.0 Å². The Balaban J connectivity index is 1.63. The number of fused-ring (bicyclic) bond motifs is 1. The van der Waals surface area contributed by atoms with Crippen molar-refractivity contribution in [2.24, 2.45) is 0 Å². The number of hydrogen-bond acceptors (Lipinski definition) is 1. The van der Waals surface area contributed by atoms with E-state index >= 15 is 0 Å². The van der Waals surface area contributed by atoms with E-state index in [4.69, 9.17) is 0 Å². The first-order chi connectivity index (χ1) is 11.2. The minimum atomic E-state index is 0.0547. The van der Waals surface area contributed by atoms with E-state index < -0.39 is 0 Å². The molecule has 0 saturated carbocycles. The lowest BCUT2D eigenvalue weighted by atomic mass is 10.0. The fourth-order valence-corrected chi connectivity index (χ4v) is 3.65. The first-order valence-corrected chi connectivity index (χ1v) is 8.55. The number of amides is 1. The second-order valence-corrected chi connectivity index (χ2v) is 6.56. The number of benzene rings is 2. The van der Waals surface area contributed by atoms with Gasteiger partial charge in [0, 0.05) is 12.6 Å². The Labute approximate surface area is 138 Å². The molecule has 3 N–H and O–H groups in total. The molecule has 0 bridgehead atoms. The van der Waals surface area contributed by atoms with Crippen LogP contribution in [0.5, 0.6) is 0 Å². The lowest BCUT2D eigenvalue weighted by Gasteiger charge is -2.32. The van der Waals surface area contributed by atoms with Crippen molar-refractivity contribution in [2.45, 2.75) is 19.5 Å². The zero-order valence-corrected chi connectivity index (χ0v) is 14.1. The van der Waals surface area contributed by atoms with Crippen molar-refractivity contribution in [3.05, 3.63) is 48.0 Å². The highest BCUT2D eigenvalue weighted by Crippen LogP contribution is 2.17. The van der Waals surface area contributed by atoms with Gasteiger partial charge in [-0.25, -0.2) is 0 Å². The Morgan fingerprint density at radius 1 is 1.09 bits per heavy atom. The molecule has 1 aliphatic rings. The molecule has 3 rings (SSSR count). The van der Waals surface area contributed by atoms with E-state index in [1.807, 2.05) is 6.92 Å². The van der Waals surface area contributed by atoms with Crippen LogP contribution < -0.4 is 15.1 Å². The second-order valence-electron chi connectivity index (χ2n) is 6.56. The third-order valence-electron chi connectivity index (χ3n) is 5.17. The van der Waals surface area contributed by atoms with Crippen LogP contribution in [-0.4, -0.2) is 45.2 Å². The Kier molecular flexibility index (Phi) is 4.94. The number of carbonyl (C=O) groups excluding carboxylic acids is 1. The number of piperazine rings is 1. The molecule has 4 heteroatoms. The van der Waals surface area contributed by atoms with Crippen molar-refractivity contribution in [3.8, 4) is 0 Å². The van der Waals surface area contributed by atoms with Gasteiger partial charge in [-0.3, -0.25) is 4.79 Å². The number of nitrogens with one attached hydrogen (secondary N) is 3. The van der Waals surface area contributed by atoms with Gasteiger partial charge >= 0.3 is 0 Å². The van der Waals surface area contributed by atoms with Crippen LogP contribution in [0.4, 0.5) is 0 Å². The highest BCUT2D eigenvalue weighted by atomic mass is 16.2. The highest BCUT2D eigenvalue weighted by Gasteiger charge is 2.30. The number of rotatable bonds is 4. The molecule has 0 aromatic heterocycles. The summed E-state index contributed by atoms with van der Waals surface area (Å²) in [6, 6.07) is 15.3. The smallest absolute Gasteiger partial charge is 0.277 e. The molecule has 2 aromatic carbocycles. The van der Waals surface area contributed by atoms with Gasteiger partial charge in [0.1, 0.15) is 32.7 Å². The van der Waals surface area contributed by atoms with Gasteiger partial charge in [0.2, 0.25) is 0 Å². The molecule has 122 valence electrons. The summed E-state index contributed by atoms with van der Waals surface area (Å²) in [5, 5.41) is 5.46. The normalized spacial score (nSPS) is 22.7. The maximum absolute atomic E-state index is 11.8. The van der Waals surface area contributed by atoms with E-state index in [2.05, 4.69) is 47.8 Å². The lowest BCUT2D eigenvalue weighted by Crippen LogP contribution is -3.29. The molecule has 0 aliphatic carbocycles. The predicted octanol–water partition coefficient (Wildman–Crippen LogP) is -0.742. The molecule has 1 aliphatic heterocycles. The zero-order valence-electron chi connectivity index (χ0n) is 14.1. The van der Waals surface area contributed by atoms with E-state index in [1.54, 1.807) is 11.9 Å². The average Bonchev–Trinajstić information content (AvgIpc) is 2.61.